The van der Waals surface area contributed by atoms with Gasteiger partial charge in [0.05, 0.1) is 6.04 Å². The number of carbonyl (C=O) groups is 1. The van der Waals surface area contributed by atoms with Crippen molar-refractivity contribution in [1.82, 2.24) is 20.0 Å². The average molecular weight is 318 g/mol. The highest BCUT2D eigenvalue weighted by Crippen LogP contribution is 2.27. The van der Waals surface area contributed by atoms with Crippen LogP contribution in [-0.2, 0) is 11.3 Å². The molecule has 6 heteroatoms. The maximum Gasteiger partial charge on any atom is 0.221 e. The number of hydrogen-bond donors (Lipinski definition) is 1. The van der Waals surface area contributed by atoms with E-state index in [1.807, 2.05) is 12.3 Å². The van der Waals surface area contributed by atoms with Gasteiger partial charge in [0, 0.05) is 36.8 Å². The molecule has 1 fully saturated rings. The van der Waals surface area contributed by atoms with Gasteiger partial charge in [-0.05, 0) is 43.4 Å². The Kier molecular flexibility index (Phi) is 5.24. The third kappa shape index (κ3) is 3.96. The van der Waals surface area contributed by atoms with Gasteiger partial charge in [0.15, 0.2) is 0 Å². The normalized spacial score (nSPS) is 16.7. The maximum absolute atomic E-state index is 12.1. The number of aryl methyl sites for hydroxylation is 1. The van der Waals surface area contributed by atoms with E-state index >= 15 is 0 Å². The van der Waals surface area contributed by atoms with Gasteiger partial charge in [0.1, 0.15) is 0 Å². The van der Waals surface area contributed by atoms with Crippen molar-refractivity contribution in [1.29, 1.82) is 0 Å². The van der Waals surface area contributed by atoms with Gasteiger partial charge < -0.3 is 5.32 Å². The van der Waals surface area contributed by atoms with Crippen LogP contribution in [0.4, 0.5) is 0 Å². The van der Waals surface area contributed by atoms with Crippen molar-refractivity contribution in [2.75, 3.05) is 19.6 Å². The third-order valence-electron chi connectivity index (χ3n) is 4.07. The van der Waals surface area contributed by atoms with Crippen molar-refractivity contribution in [3.8, 4) is 0 Å². The Morgan fingerprint density at radius 1 is 1.36 bits per heavy atom. The van der Waals surface area contributed by atoms with Crippen molar-refractivity contribution in [3.05, 3.63) is 40.8 Å². The van der Waals surface area contributed by atoms with Crippen molar-refractivity contribution >= 4 is 17.2 Å². The first kappa shape index (κ1) is 15.2. The fourth-order valence-corrected chi connectivity index (χ4v) is 3.75. The van der Waals surface area contributed by atoms with Crippen LogP contribution < -0.4 is 5.32 Å². The average Bonchev–Trinajstić information content (AvgIpc) is 3.27. The highest BCUT2D eigenvalue weighted by molar-refractivity contribution is 7.10. The zero-order valence-electron chi connectivity index (χ0n) is 12.6. The summed E-state index contributed by atoms with van der Waals surface area (Å²) in [5, 5.41) is 9.32. The minimum atomic E-state index is 0.0938. The van der Waals surface area contributed by atoms with Crippen LogP contribution >= 0.6 is 11.3 Å². The van der Waals surface area contributed by atoms with E-state index in [4.69, 9.17) is 0 Å². The predicted octanol–water partition coefficient (Wildman–Crippen LogP) is 2.29. The molecule has 1 atom stereocenters. The second-order valence-corrected chi connectivity index (χ2v) is 6.58. The number of amides is 1. The lowest BCUT2D eigenvalue weighted by atomic mass is 10.2. The number of likely N-dealkylation sites (tertiary alicyclic amines) is 1. The molecule has 2 aromatic rings. The molecule has 2 aromatic heterocycles. The summed E-state index contributed by atoms with van der Waals surface area (Å²) in [6.07, 6.45) is 6.60. The fourth-order valence-electron chi connectivity index (χ4n) is 2.89. The highest BCUT2D eigenvalue weighted by Gasteiger charge is 2.24. The van der Waals surface area contributed by atoms with Gasteiger partial charge in [-0.2, -0.15) is 5.10 Å². The van der Waals surface area contributed by atoms with Crippen LogP contribution in [0.2, 0.25) is 0 Å². The van der Waals surface area contributed by atoms with Crippen LogP contribution in [-0.4, -0.2) is 40.2 Å². The van der Waals surface area contributed by atoms with E-state index in [9.17, 15) is 4.79 Å². The summed E-state index contributed by atoms with van der Waals surface area (Å²) in [5.41, 5.74) is 0. The lowest BCUT2D eigenvalue weighted by Crippen LogP contribution is -2.36. The van der Waals surface area contributed by atoms with Crippen molar-refractivity contribution in [2.24, 2.45) is 0 Å². The number of hydrogen-bond acceptors (Lipinski definition) is 4. The fraction of sp³-hybridized carbons (Fsp3) is 0.500. The molecule has 118 valence electrons. The van der Waals surface area contributed by atoms with Gasteiger partial charge in [0.2, 0.25) is 5.91 Å². The molecule has 0 aliphatic carbocycles. The number of thiophene rings is 1. The molecule has 1 N–H and O–H groups in total. The summed E-state index contributed by atoms with van der Waals surface area (Å²) in [5.74, 6) is 0.0938. The summed E-state index contributed by atoms with van der Waals surface area (Å²) in [6, 6.07) is 6.45. The maximum atomic E-state index is 12.1. The summed E-state index contributed by atoms with van der Waals surface area (Å²) in [7, 11) is 0. The predicted molar refractivity (Wildman–Crippen MR) is 87.7 cm³/mol. The van der Waals surface area contributed by atoms with Gasteiger partial charge in [0.25, 0.3) is 0 Å². The molecular formula is C16H22N4OS. The van der Waals surface area contributed by atoms with Crippen molar-refractivity contribution < 1.29 is 4.79 Å². The van der Waals surface area contributed by atoms with E-state index in [2.05, 4.69) is 32.8 Å². The van der Waals surface area contributed by atoms with Crippen molar-refractivity contribution in [3.63, 3.8) is 0 Å². The van der Waals surface area contributed by atoms with Gasteiger partial charge in [-0.1, -0.05) is 6.07 Å². The van der Waals surface area contributed by atoms with E-state index in [1.54, 1.807) is 22.2 Å². The van der Waals surface area contributed by atoms with E-state index in [-0.39, 0.29) is 5.91 Å². The first-order chi connectivity index (χ1) is 10.8. The Hall–Kier alpha value is -1.66. The molecule has 5 nitrogen and oxygen atoms in total. The Bertz CT molecular complexity index is 561. The molecule has 22 heavy (non-hydrogen) atoms. The van der Waals surface area contributed by atoms with E-state index in [0.29, 0.717) is 25.6 Å². The van der Waals surface area contributed by atoms with Crippen LogP contribution in [0.1, 0.15) is 30.2 Å². The summed E-state index contributed by atoms with van der Waals surface area (Å²) >= 11 is 1.77. The Morgan fingerprint density at radius 2 is 2.23 bits per heavy atom. The number of aromatic nitrogens is 2. The third-order valence-corrected chi connectivity index (χ3v) is 5.05. The van der Waals surface area contributed by atoms with Crippen LogP contribution in [0.15, 0.2) is 36.0 Å². The van der Waals surface area contributed by atoms with Crippen LogP contribution in [0.5, 0.6) is 0 Å². The molecule has 1 amide bonds. The van der Waals surface area contributed by atoms with Gasteiger partial charge in [-0.15, -0.1) is 11.3 Å². The summed E-state index contributed by atoms with van der Waals surface area (Å²) < 4.78 is 1.79. The minimum Gasteiger partial charge on any atom is -0.354 e. The molecule has 1 aliphatic rings. The molecule has 0 spiro atoms. The largest absolute Gasteiger partial charge is 0.354 e. The molecule has 0 radical (unpaired) electrons. The standard InChI is InChI=1S/C16H22N4OS/c21-16(6-11-20-10-4-7-18-20)17-13-14(15-5-3-12-22-15)19-8-1-2-9-19/h3-5,7,10,12,14H,1-2,6,8-9,11,13H2,(H,17,21)/t14-/m0/s1. The first-order valence-electron chi connectivity index (χ1n) is 7.84. The number of carbonyl (C=O) groups excluding carboxylic acids is 1. The minimum absolute atomic E-state index is 0.0938. The highest BCUT2D eigenvalue weighted by atomic mass is 32.1. The number of nitrogens with zero attached hydrogens (tertiary/aromatic N) is 3. The Morgan fingerprint density at radius 3 is 2.91 bits per heavy atom. The summed E-state index contributed by atoms with van der Waals surface area (Å²) in [6.45, 7) is 3.59. The molecule has 0 aromatic carbocycles. The van der Waals surface area contributed by atoms with Crippen LogP contribution in [0.3, 0.4) is 0 Å². The molecule has 1 saturated heterocycles. The second-order valence-electron chi connectivity index (χ2n) is 5.60. The van der Waals surface area contributed by atoms with Gasteiger partial charge >= 0.3 is 0 Å². The van der Waals surface area contributed by atoms with Crippen LogP contribution in [0.25, 0.3) is 0 Å². The van der Waals surface area contributed by atoms with Crippen molar-refractivity contribution in [2.45, 2.75) is 31.8 Å². The first-order valence-corrected chi connectivity index (χ1v) is 8.72. The molecule has 0 unspecified atom stereocenters. The second kappa shape index (κ2) is 7.56. The molecule has 3 rings (SSSR count). The number of rotatable bonds is 7. The zero-order chi connectivity index (χ0) is 15.2. The number of nitrogens with one attached hydrogen (secondary N) is 1. The summed E-state index contributed by atoms with van der Waals surface area (Å²) in [4.78, 5) is 15.9. The smallest absolute Gasteiger partial charge is 0.221 e. The monoisotopic (exact) mass is 318 g/mol. The molecular weight excluding hydrogens is 296 g/mol. The molecule has 3 heterocycles. The lowest BCUT2D eigenvalue weighted by Gasteiger charge is -2.26. The van der Waals surface area contributed by atoms with E-state index in [0.717, 1.165) is 13.1 Å². The molecule has 1 aliphatic heterocycles. The zero-order valence-corrected chi connectivity index (χ0v) is 13.5. The van der Waals surface area contributed by atoms with E-state index < -0.39 is 0 Å². The van der Waals surface area contributed by atoms with Gasteiger partial charge in [-0.3, -0.25) is 14.4 Å². The quantitative estimate of drug-likeness (QED) is 0.852. The van der Waals surface area contributed by atoms with E-state index in [1.165, 1.54) is 17.7 Å². The van der Waals surface area contributed by atoms with Crippen LogP contribution in [0, 0.1) is 0 Å². The lowest BCUT2D eigenvalue weighted by molar-refractivity contribution is -0.121. The Labute approximate surface area is 134 Å². The molecule has 0 bridgehead atoms. The SMILES string of the molecule is O=C(CCn1cccn1)NC[C@@H](c1cccs1)N1CCCC1. The molecule has 0 saturated carbocycles. The topological polar surface area (TPSA) is 50.2 Å². The van der Waals surface area contributed by atoms with Gasteiger partial charge in [-0.25, -0.2) is 0 Å². The Balaban J connectivity index is 1.51.